The zero-order valence-corrected chi connectivity index (χ0v) is 22.9. The molecule has 0 aliphatic rings. The van der Waals surface area contributed by atoms with Crippen molar-refractivity contribution in [1.82, 2.24) is 9.97 Å². The third kappa shape index (κ3) is 3.81. The van der Waals surface area contributed by atoms with Crippen LogP contribution >= 0.6 is 0 Å². The van der Waals surface area contributed by atoms with Gasteiger partial charge in [-0.05, 0) is 101 Å². The van der Waals surface area contributed by atoms with Crippen molar-refractivity contribution in [1.29, 1.82) is 0 Å². The van der Waals surface area contributed by atoms with Gasteiger partial charge in [-0.1, -0.05) is 109 Å². The first-order valence-corrected chi connectivity index (χ1v) is 14.2. The molecule has 0 radical (unpaired) electrons. The zero-order valence-electron chi connectivity index (χ0n) is 22.9. The van der Waals surface area contributed by atoms with Gasteiger partial charge >= 0.3 is 0 Å². The van der Waals surface area contributed by atoms with E-state index in [4.69, 9.17) is 0 Å². The van der Waals surface area contributed by atoms with Gasteiger partial charge in [0.15, 0.2) is 0 Å². The second-order valence-electron chi connectivity index (χ2n) is 10.5. The van der Waals surface area contributed by atoms with Gasteiger partial charge in [0.05, 0.1) is 0 Å². The van der Waals surface area contributed by atoms with Crippen molar-refractivity contribution < 1.29 is 0 Å². The molecule has 0 fully saturated rings. The van der Waals surface area contributed by atoms with Crippen molar-refractivity contribution in [3.63, 3.8) is 0 Å². The third-order valence-corrected chi connectivity index (χ3v) is 8.25. The fourth-order valence-corrected chi connectivity index (χ4v) is 6.56. The summed E-state index contributed by atoms with van der Waals surface area (Å²) in [6.45, 7) is 0. The molecule has 0 N–H and O–H groups in total. The molecule has 0 aliphatic carbocycles. The van der Waals surface area contributed by atoms with Crippen LogP contribution in [0.15, 0.2) is 158 Å². The number of aromatic nitrogens is 2. The van der Waals surface area contributed by atoms with Crippen molar-refractivity contribution in [3.8, 4) is 44.5 Å². The van der Waals surface area contributed by atoms with E-state index in [0.29, 0.717) is 0 Å². The zero-order chi connectivity index (χ0) is 27.9. The van der Waals surface area contributed by atoms with Gasteiger partial charge in [0.1, 0.15) is 0 Å². The summed E-state index contributed by atoms with van der Waals surface area (Å²) in [5, 5.41) is 7.54. The molecule has 42 heavy (non-hydrogen) atoms. The van der Waals surface area contributed by atoms with Crippen LogP contribution in [-0.4, -0.2) is 9.97 Å². The van der Waals surface area contributed by atoms with Crippen LogP contribution in [0.1, 0.15) is 0 Å². The summed E-state index contributed by atoms with van der Waals surface area (Å²) in [5.74, 6) is 0. The fourth-order valence-electron chi connectivity index (χ4n) is 6.56. The first-order valence-electron chi connectivity index (χ1n) is 14.2. The molecule has 0 atom stereocenters. The quantitative estimate of drug-likeness (QED) is 0.210. The van der Waals surface area contributed by atoms with Crippen molar-refractivity contribution >= 4 is 32.3 Å². The Morgan fingerprint density at radius 2 is 0.571 bits per heavy atom. The largest absolute Gasteiger partial charge is 0.265 e. The lowest BCUT2D eigenvalue weighted by atomic mass is 9.76. The Kier molecular flexibility index (Phi) is 5.82. The molecule has 2 heteroatoms. The van der Waals surface area contributed by atoms with Gasteiger partial charge in [-0.15, -0.1) is 0 Å². The highest BCUT2D eigenvalue weighted by molar-refractivity contribution is 6.35. The molecule has 2 aromatic heterocycles. The molecular formula is C40H26N2. The summed E-state index contributed by atoms with van der Waals surface area (Å²) in [4.78, 5) is 8.80. The van der Waals surface area contributed by atoms with E-state index in [-0.39, 0.29) is 0 Å². The van der Waals surface area contributed by atoms with Gasteiger partial charge in [-0.3, -0.25) is 9.97 Å². The lowest BCUT2D eigenvalue weighted by Crippen LogP contribution is -1.99. The van der Waals surface area contributed by atoms with E-state index in [1.54, 1.807) is 0 Å². The van der Waals surface area contributed by atoms with E-state index in [1.165, 1.54) is 65.7 Å². The number of nitrogens with zero attached hydrogens (tertiary/aromatic N) is 2. The van der Waals surface area contributed by atoms with Crippen LogP contribution in [0.4, 0.5) is 0 Å². The molecule has 0 aliphatic heterocycles. The minimum absolute atomic E-state index is 1.13. The molecule has 0 saturated heterocycles. The maximum Gasteiger partial charge on any atom is 0.0273 e. The standard InChI is InChI=1S/C40H26N2/c1-3-11-27(12-4-1)37-35(29-19-23-41-24-20-29)36(30-21-25-42-26-22-30)38(28-13-5-2-6-14-28)40-34-18-10-8-16-32(34)31-15-7-9-17-33(31)39(37)40/h1-26H. The maximum atomic E-state index is 4.40. The summed E-state index contributed by atoms with van der Waals surface area (Å²) in [5.41, 5.74) is 9.48. The Bertz CT molecular complexity index is 2050. The monoisotopic (exact) mass is 534 g/mol. The lowest BCUT2D eigenvalue weighted by molar-refractivity contribution is 1.32. The van der Waals surface area contributed by atoms with E-state index in [9.17, 15) is 0 Å². The van der Waals surface area contributed by atoms with Gasteiger partial charge < -0.3 is 0 Å². The van der Waals surface area contributed by atoms with Gasteiger partial charge in [-0.2, -0.15) is 0 Å². The van der Waals surface area contributed by atoms with Gasteiger partial charge in [-0.25, -0.2) is 0 Å². The average molecular weight is 535 g/mol. The van der Waals surface area contributed by atoms with Crippen LogP contribution in [0, 0.1) is 0 Å². The second-order valence-corrected chi connectivity index (χ2v) is 10.5. The number of pyridine rings is 2. The molecule has 6 aromatic carbocycles. The molecule has 196 valence electrons. The highest BCUT2D eigenvalue weighted by atomic mass is 14.6. The highest BCUT2D eigenvalue weighted by Gasteiger charge is 2.26. The molecule has 2 heterocycles. The Balaban J connectivity index is 1.78. The molecule has 2 nitrogen and oxygen atoms in total. The number of fused-ring (bicyclic) bond motifs is 6. The summed E-state index contributed by atoms with van der Waals surface area (Å²) in [6.07, 6.45) is 7.58. The summed E-state index contributed by atoms with van der Waals surface area (Å²) < 4.78 is 0. The van der Waals surface area contributed by atoms with E-state index in [0.717, 1.165) is 11.1 Å². The van der Waals surface area contributed by atoms with E-state index in [1.807, 2.05) is 24.8 Å². The lowest BCUT2D eigenvalue weighted by Gasteiger charge is -2.26. The van der Waals surface area contributed by atoms with Crippen LogP contribution in [0.5, 0.6) is 0 Å². The minimum Gasteiger partial charge on any atom is -0.265 e. The first kappa shape index (κ1) is 24.2. The molecular weight excluding hydrogens is 508 g/mol. The number of hydrogen-bond donors (Lipinski definition) is 0. The normalized spacial score (nSPS) is 11.3. The smallest absolute Gasteiger partial charge is 0.0273 e. The van der Waals surface area contributed by atoms with Crippen LogP contribution < -0.4 is 0 Å². The van der Waals surface area contributed by atoms with Crippen molar-refractivity contribution in [2.45, 2.75) is 0 Å². The van der Waals surface area contributed by atoms with Crippen molar-refractivity contribution in [2.75, 3.05) is 0 Å². The predicted octanol–water partition coefficient (Wildman–Crippen LogP) is 10.6. The molecule has 0 unspecified atom stereocenters. The number of rotatable bonds is 4. The molecule has 8 rings (SSSR count). The third-order valence-electron chi connectivity index (χ3n) is 8.25. The fraction of sp³-hybridized carbons (Fsp3) is 0. The molecule has 0 saturated carbocycles. The van der Waals surface area contributed by atoms with Gasteiger partial charge in [0, 0.05) is 24.8 Å². The van der Waals surface area contributed by atoms with Crippen molar-refractivity contribution in [2.24, 2.45) is 0 Å². The molecule has 0 amide bonds. The predicted molar refractivity (Wildman–Crippen MR) is 176 cm³/mol. The summed E-state index contributed by atoms with van der Waals surface area (Å²) >= 11 is 0. The van der Waals surface area contributed by atoms with Crippen LogP contribution in [-0.2, 0) is 0 Å². The Hall–Kier alpha value is -5.60. The summed E-state index contributed by atoms with van der Waals surface area (Å²) in [6, 6.07) is 47.9. The Labute approximate surface area is 244 Å². The minimum atomic E-state index is 1.13. The summed E-state index contributed by atoms with van der Waals surface area (Å²) in [7, 11) is 0. The topological polar surface area (TPSA) is 25.8 Å². The average Bonchev–Trinajstić information content (AvgIpc) is 3.09. The van der Waals surface area contributed by atoms with Crippen LogP contribution in [0.3, 0.4) is 0 Å². The van der Waals surface area contributed by atoms with E-state index in [2.05, 4.69) is 143 Å². The van der Waals surface area contributed by atoms with Gasteiger partial charge in [0.25, 0.3) is 0 Å². The maximum absolute atomic E-state index is 4.40. The molecule has 0 bridgehead atoms. The van der Waals surface area contributed by atoms with Crippen LogP contribution in [0.25, 0.3) is 76.8 Å². The van der Waals surface area contributed by atoms with Crippen molar-refractivity contribution in [3.05, 3.63) is 158 Å². The Morgan fingerprint density at radius 1 is 0.262 bits per heavy atom. The van der Waals surface area contributed by atoms with E-state index >= 15 is 0 Å². The Morgan fingerprint density at radius 3 is 0.952 bits per heavy atom. The molecule has 8 aromatic rings. The van der Waals surface area contributed by atoms with Gasteiger partial charge in [0.2, 0.25) is 0 Å². The SMILES string of the molecule is c1ccc(-c2c(-c3ccncc3)c(-c3ccncc3)c(-c3ccccc3)c3c4ccccc4c4ccccc4c23)cc1. The first-order chi connectivity index (χ1) is 20.9. The number of benzene rings is 6. The second kappa shape index (κ2) is 10.1. The molecule has 0 spiro atoms. The van der Waals surface area contributed by atoms with E-state index < -0.39 is 0 Å². The number of hydrogen-bond acceptors (Lipinski definition) is 2. The van der Waals surface area contributed by atoms with Crippen LogP contribution in [0.2, 0.25) is 0 Å². The highest BCUT2D eigenvalue weighted by Crippen LogP contribution is 2.54.